The summed E-state index contributed by atoms with van der Waals surface area (Å²) >= 11 is 13.1. The van der Waals surface area contributed by atoms with Crippen LogP contribution < -0.4 is 5.32 Å². The number of benzene rings is 3. The molecule has 1 aliphatic carbocycles. The molecule has 6 nitrogen and oxygen atoms in total. The number of aromatic nitrogens is 4. The topological polar surface area (TPSA) is 75.6 Å². The Labute approximate surface area is 222 Å². The van der Waals surface area contributed by atoms with Gasteiger partial charge in [0, 0.05) is 23.0 Å². The molecule has 186 valence electrons. The molecule has 1 atom stereocenters. The molecule has 9 heteroatoms. The number of hydrogen-bond acceptors (Lipinski definition) is 3. The largest absolute Gasteiger partial charge is 0.358 e. The number of nitrogens with zero attached hydrogens (tertiary/aromatic N) is 3. The van der Waals surface area contributed by atoms with Crippen LogP contribution in [-0.2, 0) is 18.4 Å². The maximum absolute atomic E-state index is 14.4. The molecule has 1 unspecified atom stereocenters. The lowest BCUT2D eigenvalue weighted by atomic mass is 9.75. The van der Waals surface area contributed by atoms with Gasteiger partial charge in [-0.05, 0) is 66.8 Å². The molecule has 1 amide bonds. The number of aryl methyl sites for hydroxylation is 2. The summed E-state index contributed by atoms with van der Waals surface area (Å²) < 4.78 is 16.1. The van der Waals surface area contributed by atoms with E-state index in [9.17, 15) is 9.18 Å². The molecule has 0 saturated carbocycles. The van der Waals surface area contributed by atoms with Gasteiger partial charge in [0.15, 0.2) is 0 Å². The van der Waals surface area contributed by atoms with Crippen molar-refractivity contribution in [3.8, 4) is 5.69 Å². The minimum absolute atomic E-state index is 0.163. The number of hydrogen-bond donors (Lipinski definition) is 2. The zero-order chi connectivity index (χ0) is 25.7. The highest BCUT2D eigenvalue weighted by Gasteiger charge is 2.40. The van der Waals surface area contributed by atoms with Crippen LogP contribution >= 0.6 is 23.2 Å². The van der Waals surface area contributed by atoms with Crippen LogP contribution in [0.1, 0.15) is 39.2 Å². The summed E-state index contributed by atoms with van der Waals surface area (Å²) in [7, 11) is 0. The molecule has 2 N–H and O–H groups in total. The van der Waals surface area contributed by atoms with Crippen molar-refractivity contribution in [2.45, 2.75) is 31.7 Å². The zero-order valence-electron chi connectivity index (χ0n) is 19.9. The van der Waals surface area contributed by atoms with Crippen molar-refractivity contribution in [3.05, 3.63) is 111 Å². The maximum Gasteiger partial charge on any atom is 0.255 e. The number of carbonyl (C=O) groups excluding carboxylic acids is 1. The Hall–Kier alpha value is -3.68. The van der Waals surface area contributed by atoms with Gasteiger partial charge in [0.2, 0.25) is 0 Å². The van der Waals surface area contributed by atoms with Crippen LogP contribution in [0.2, 0.25) is 10.0 Å². The van der Waals surface area contributed by atoms with Crippen LogP contribution in [0.15, 0.2) is 67.3 Å². The van der Waals surface area contributed by atoms with Gasteiger partial charge < -0.3 is 10.3 Å². The molecule has 2 heterocycles. The van der Waals surface area contributed by atoms with Gasteiger partial charge in [0.25, 0.3) is 5.91 Å². The lowest BCUT2D eigenvalue weighted by Gasteiger charge is -2.39. The monoisotopic (exact) mass is 533 g/mol. The Bertz CT molecular complexity index is 1640. The third kappa shape index (κ3) is 4.18. The van der Waals surface area contributed by atoms with Crippen molar-refractivity contribution in [2.24, 2.45) is 0 Å². The van der Waals surface area contributed by atoms with Crippen molar-refractivity contribution < 1.29 is 9.18 Å². The smallest absolute Gasteiger partial charge is 0.255 e. The third-order valence-corrected chi connectivity index (χ3v) is 7.73. The predicted molar refractivity (Wildman–Crippen MR) is 142 cm³/mol. The Morgan fingerprint density at radius 3 is 2.57 bits per heavy atom. The van der Waals surface area contributed by atoms with Crippen molar-refractivity contribution in [2.75, 3.05) is 0 Å². The Balaban J connectivity index is 1.42. The lowest BCUT2D eigenvalue weighted by Crippen LogP contribution is -2.49. The van der Waals surface area contributed by atoms with Gasteiger partial charge in [-0.15, -0.1) is 10.2 Å². The van der Waals surface area contributed by atoms with Crippen LogP contribution in [0.4, 0.5) is 4.39 Å². The predicted octanol–water partition coefficient (Wildman–Crippen LogP) is 6.32. The molecule has 2 aromatic heterocycles. The fraction of sp³-hybridized carbons (Fsp3) is 0.179. The Morgan fingerprint density at radius 1 is 1.08 bits per heavy atom. The molecule has 5 aromatic rings. The fourth-order valence-electron chi connectivity index (χ4n) is 5.32. The molecular formula is C28H22Cl2FN5O. The van der Waals surface area contributed by atoms with E-state index in [0.29, 0.717) is 30.5 Å². The standard InChI is InChI=1S/C28H22Cl2FN5O/c1-16-5-6-20-21-13-28(17-3-2-4-18(31)10-17,8-7-24(21)34-25(20)9-16)35-27(37)26-22(29)11-19(12-23(26)30)36-14-32-33-15-36/h2-6,9-12,14-15,34H,7-8,13H2,1H3,(H,35,37). The summed E-state index contributed by atoms with van der Waals surface area (Å²) in [5.41, 5.74) is 5.11. The van der Waals surface area contributed by atoms with Crippen molar-refractivity contribution in [1.82, 2.24) is 25.1 Å². The summed E-state index contributed by atoms with van der Waals surface area (Å²) in [6, 6.07) is 16.0. The van der Waals surface area contributed by atoms with E-state index in [1.807, 2.05) is 6.07 Å². The molecule has 0 aliphatic heterocycles. The minimum Gasteiger partial charge on any atom is -0.358 e. The normalized spacial score (nSPS) is 17.1. The summed E-state index contributed by atoms with van der Waals surface area (Å²) in [5.74, 6) is -0.783. The minimum atomic E-state index is -0.855. The van der Waals surface area contributed by atoms with Crippen LogP contribution in [0.25, 0.3) is 16.6 Å². The summed E-state index contributed by atoms with van der Waals surface area (Å²) in [6.45, 7) is 2.05. The summed E-state index contributed by atoms with van der Waals surface area (Å²) in [6.07, 6.45) is 4.80. The first kappa shape index (κ1) is 23.7. The van der Waals surface area contributed by atoms with Crippen LogP contribution in [0.5, 0.6) is 0 Å². The van der Waals surface area contributed by atoms with Crippen LogP contribution in [0.3, 0.4) is 0 Å². The first-order valence-electron chi connectivity index (χ1n) is 11.9. The van der Waals surface area contributed by atoms with E-state index in [-0.39, 0.29) is 21.4 Å². The van der Waals surface area contributed by atoms with Crippen molar-refractivity contribution in [3.63, 3.8) is 0 Å². The van der Waals surface area contributed by atoms with Crippen LogP contribution in [0, 0.1) is 12.7 Å². The van der Waals surface area contributed by atoms with E-state index < -0.39 is 11.4 Å². The molecule has 37 heavy (non-hydrogen) atoms. The summed E-state index contributed by atoms with van der Waals surface area (Å²) in [5, 5.41) is 12.3. The van der Waals surface area contributed by atoms with Gasteiger partial charge >= 0.3 is 0 Å². The number of rotatable bonds is 4. The number of carbonyl (C=O) groups is 1. The van der Waals surface area contributed by atoms with Gasteiger partial charge in [-0.3, -0.25) is 9.36 Å². The van der Waals surface area contributed by atoms with Gasteiger partial charge in [0.1, 0.15) is 18.5 Å². The first-order valence-corrected chi connectivity index (χ1v) is 12.6. The quantitative estimate of drug-likeness (QED) is 0.284. The van der Waals surface area contributed by atoms with E-state index >= 15 is 0 Å². The summed E-state index contributed by atoms with van der Waals surface area (Å²) in [4.78, 5) is 17.3. The number of amides is 1. The third-order valence-electron chi connectivity index (χ3n) is 7.13. The average Bonchev–Trinajstić information content (AvgIpc) is 3.51. The molecule has 0 spiro atoms. The van der Waals surface area contributed by atoms with E-state index in [1.54, 1.807) is 22.8 Å². The van der Waals surface area contributed by atoms with Crippen molar-refractivity contribution >= 4 is 40.0 Å². The van der Waals surface area contributed by atoms with E-state index in [2.05, 4.69) is 45.6 Å². The molecule has 3 aromatic carbocycles. The van der Waals surface area contributed by atoms with Gasteiger partial charge in [-0.1, -0.05) is 47.5 Å². The highest BCUT2D eigenvalue weighted by molar-refractivity contribution is 6.40. The molecule has 0 saturated heterocycles. The van der Waals surface area contributed by atoms with Crippen LogP contribution in [-0.4, -0.2) is 25.7 Å². The van der Waals surface area contributed by atoms with Crippen molar-refractivity contribution in [1.29, 1.82) is 0 Å². The number of H-pyrrole nitrogens is 1. The Kier molecular flexibility index (Phi) is 5.77. The number of halogens is 3. The van der Waals surface area contributed by atoms with E-state index in [0.717, 1.165) is 27.7 Å². The maximum atomic E-state index is 14.4. The Morgan fingerprint density at radius 2 is 1.84 bits per heavy atom. The van der Waals surface area contributed by atoms with Gasteiger partial charge in [0.05, 0.1) is 26.8 Å². The van der Waals surface area contributed by atoms with E-state index in [1.165, 1.54) is 24.8 Å². The molecule has 0 radical (unpaired) electrons. The molecular weight excluding hydrogens is 512 g/mol. The number of aromatic amines is 1. The molecule has 0 bridgehead atoms. The fourth-order valence-corrected chi connectivity index (χ4v) is 5.97. The number of nitrogens with one attached hydrogen (secondary N) is 2. The number of fused-ring (bicyclic) bond motifs is 3. The SMILES string of the molecule is Cc1ccc2c3c([nH]c2c1)CCC(NC(=O)c1c(Cl)cc(-n2cnnc2)cc1Cl)(c1cccc(F)c1)C3. The molecule has 1 aliphatic rings. The van der Waals surface area contributed by atoms with Gasteiger partial charge in [-0.25, -0.2) is 4.39 Å². The second-order valence-corrected chi connectivity index (χ2v) is 10.3. The second kappa shape index (κ2) is 9.01. The molecule has 6 rings (SSSR count). The highest BCUT2D eigenvalue weighted by atomic mass is 35.5. The van der Waals surface area contributed by atoms with Gasteiger partial charge in [-0.2, -0.15) is 0 Å². The van der Waals surface area contributed by atoms with E-state index in [4.69, 9.17) is 23.2 Å². The first-order chi connectivity index (χ1) is 17.8. The zero-order valence-corrected chi connectivity index (χ0v) is 21.4. The highest BCUT2D eigenvalue weighted by Crippen LogP contribution is 2.41. The second-order valence-electron chi connectivity index (χ2n) is 9.51. The lowest BCUT2D eigenvalue weighted by molar-refractivity contribution is 0.0885. The average molecular weight is 534 g/mol. The molecule has 0 fully saturated rings.